The maximum absolute atomic E-state index is 12.0. The summed E-state index contributed by atoms with van der Waals surface area (Å²) in [7, 11) is 1.30. The lowest BCUT2D eigenvalue weighted by molar-refractivity contribution is -0.116. The van der Waals surface area contributed by atoms with Crippen molar-refractivity contribution in [1.82, 2.24) is 5.32 Å². The number of carbonyl (C=O) groups excluding carboxylic acids is 3. The Morgan fingerprint density at radius 1 is 1.17 bits per heavy atom. The second kappa shape index (κ2) is 8.26. The number of aryl methyl sites for hydroxylation is 1. The van der Waals surface area contributed by atoms with Gasteiger partial charge in [0.05, 0.1) is 12.7 Å². The van der Waals surface area contributed by atoms with Gasteiger partial charge in [-0.2, -0.15) is 11.3 Å². The summed E-state index contributed by atoms with van der Waals surface area (Å²) in [5, 5.41) is 9.00. The maximum atomic E-state index is 12.0. The highest BCUT2D eigenvalue weighted by Gasteiger charge is 2.11. The van der Waals surface area contributed by atoms with Gasteiger partial charge in [-0.1, -0.05) is 6.07 Å². The molecule has 2 aromatic rings. The fraction of sp³-hybridized carbons (Fsp3) is 0.235. The standard InChI is InChI=1S/C17H18N2O4S/c1-11-3-4-12(17(22)23-2)9-14(11)19-15(20)5-7-18-16(21)13-6-8-24-10-13/h3-4,6,8-10H,5,7H2,1-2H3,(H,18,21)(H,19,20). The molecular weight excluding hydrogens is 328 g/mol. The van der Waals surface area contributed by atoms with Gasteiger partial charge in [0.15, 0.2) is 0 Å². The highest BCUT2D eigenvalue weighted by Crippen LogP contribution is 2.17. The number of amides is 2. The van der Waals surface area contributed by atoms with Gasteiger partial charge in [-0.3, -0.25) is 9.59 Å². The van der Waals surface area contributed by atoms with Crippen LogP contribution in [0.5, 0.6) is 0 Å². The van der Waals surface area contributed by atoms with Crippen LogP contribution in [0.15, 0.2) is 35.0 Å². The van der Waals surface area contributed by atoms with E-state index in [1.54, 1.807) is 29.6 Å². The smallest absolute Gasteiger partial charge is 0.337 e. The van der Waals surface area contributed by atoms with Crippen molar-refractivity contribution in [2.45, 2.75) is 13.3 Å². The first kappa shape index (κ1) is 17.7. The van der Waals surface area contributed by atoms with Crippen LogP contribution in [0.2, 0.25) is 0 Å². The number of carbonyl (C=O) groups is 3. The summed E-state index contributed by atoms with van der Waals surface area (Å²) in [6, 6.07) is 6.67. The van der Waals surface area contributed by atoms with Crippen molar-refractivity contribution in [2.75, 3.05) is 19.0 Å². The highest BCUT2D eigenvalue weighted by atomic mass is 32.1. The van der Waals surface area contributed by atoms with Crippen molar-refractivity contribution in [3.63, 3.8) is 0 Å². The maximum Gasteiger partial charge on any atom is 0.337 e. The van der Waals surface area contributed by atoms with E-state index in [2.05, 4.69) is 15.4 Å². The number of benzene rings is 1. The van der Waals surface area contributed by atoms with E-state index >= 15 is 0 Å². The molecule has 2 amide bonds. The zero-order valence-electron chi connectivity index (χ0n) is 13.4. The Morgan fingerprint density at radius 2 is 1.96 bits per heavy atom. The lowest BCUT2D eigenvalue weighted by Gasteiger charge is -2.10. The molecule has 0 aliphatic carbocycles. The first-order chi connectivity index (χ1) is 11.5. The van der Waals surface area contributed by atoms with Crippen LogP contribution in [0.25, 0.3) is 0 Å². The SMILES string of the molecule is COC(=O)c1ccc(C)c(NC(=O)CCNC(=O)c2ccsc2)c1. The fourth-order valence-electron chi connectivity index (χ4n) is 2.00. The van der Waals surface area contributed by atoms with E-state index < -0.39 is 5.97 Å². The summed E-state index contributed by atoms with van der Waals surface area (Å²) < 4.78 is 4.66. The molecule has 0 atom stereocenters. The van der Waals surface area contributed by atoms with Crippen molar-refractivity contribution in [2.24, 2.45) is 0 Å². The lowest BCUT2D eigenvalue weighted by atomic mass is 10.1. The Morgan fingerprint density at radius 3 is 2.62 bits per heavy atom. The molecule has 1 aromatic carbocycles. The van der Waals surface area contributed by atoms with Crippen LogP contribution in [0.1, 0.15) is 32.7 Å². The molecule has 0 unspecified atom stereocenters. The number of rotatable bonds is 6. The van der Waals surface area contributed by atoms with Gasteiger partial charge >= 0.3 is 5.97 Å². The van der Waals surface area contributed by atoms with Gasteiger partial charge in [0.2, 0.25) is 5.91 Å². The molecule has 0 fully saturated rings. The largest absolute Gasteiger partial charge is 0.465 e. The third kappa shape index (κ3) is 4.66. The minimum absolute atomic E-state index is 0.137. The van der Waals surface area contributed by atoms with Crippen molar-refractivity contribution in [3.8, 4) is 0 Å². The van der Waals surface area contributed by atoms with Crippen LogP contribution in [0.4, 0.5) is 5.69 Å². The van der Waals surface area contributed by atoms with E-state index in [1.165, 1.54) is 18.4 Å². The molecule has 2 N–H and O–H groups in total. The van der Waals surface area contributed by atoms with Gasteiger partial charge in [-0.25, -0.2) is 4.79 Å². The molecule has 0 aliphatic heterocycles. The Labute approximate surface area is 143 Å². The molecule has 6 nitrogen and oxygen atoms in total. The second-order valence-electron chi connectivity index (χ2n) is 5.09. The number of methoxy groups -OCH3 is 1. The summed E-state index contributed by atoms with van der Waals surface area (Å²) in [5.41, 5.74) is 2.33. The van der Waals surface area contributed by atoms with Crippen LogP contribution >= 0.6 is 11.3 Å². The molecule has 0 bridgehead atoms. The van der Waals surface area contributed by atoms with Crippen molar-refractivity contribution >= 4 is 34.8 Å². The fourth-order valence-corrected chi connectivity index (χ4v) is 2.64. The molecular formula is C17H18N2O4S. The van der Waals surface area contributed by atoms with Gasteiger partial charge in [0.25, 0.3) is 5.91 Å². The van der Waals surface area contributed by atoms with Crippen LogP contribution in [-0.2, 0) is 9.53 Å². The van der Waals surface area contributed by atoms with Crippen molar-refractivity contribution < 1.29 is 19.1 Å². The number of ether oxygens (including phenoxy) is 1. The predicted octanol–water partition coefficient (Wildman–Crippen LogP) is 2.60. The number of hydrogen-bond donors (Lipinski definition) is 2. The Bertz CT molecular complexity index is 741. The topological polar surface area (TPSA) is 84.5 Å². The molecule has 1 heterocycles. The van der Waals surface area contributed by atoms with Crippen molar-refractivity contribution in [3.05, 3.63) is 51.7 Å². The zero-order chi connectivity index (χ0) is 17.5. The van der Waals surface area contributed by atoms with E-state index in [-0.39, 0.29) is 24.8 Å². The van der Waals surface area contributed by atoms with E-state index in [9.17, 15) is 14.4 Å². The molecule has 0 spiro atoms. The number of hydrogen-bond acceptors (Lipinski definition) is 5. The second-order valence-corrected chi connectivity index (χ2v) is 5.87. The van der Waals surface area contributed by atoms with E-state index in [1.807, 2.05) is 12.3 Å². The third-order valence-electron chi connectivity index (χ3n) is 3.35. The number of thiophene rings is 1. The third-order valence-corrected chi connectivity index (χ3v) is 4.04. The van der Waals surface area contributed by atoms with Crippen LogP contribution in [0, 0.1) is 6.92 Å². The summed E-state index contributed by atoms with van der Waals surface area (Å²) in [6.07, 6.45) is 0.137. The minimum Gasteiger partial charge on any atom is -0.465 e. The van der Waals surface area contributed by atoms with Crippen LogP contribution in [0.3, 0.4) is 0 Å². The Balaban J connectivity index is 1.88. The lowest BCUT2D eigenvalue weighted by Crippen LogP contribution is -2.27. The number of anilines is 1. The van der Waals surface area contributed by atoms with Gasteiger partial charge in [-0.15, -0.1) is 0 Å². The molecule has 7 heteroatoms. The molecule has 2 rings (SSSR count). The monoisotopic (exact) mass is 346 g/mol. The predicted molar refractivity (Wildman–Crippen MR) is 92.4 cm³/mol. The molecule has 1 aromatic heterocycles. The molecule has 126 valence electrons. The number of nitrogens with one attached hydrogen (secondary N) is 2. The van der Waals surface area contributed by atoms with E-state index in [0.29, 0.717) is 16.8 Å². The van der Waals surface area contributed by atoms with Crippen LogP contribution < -0.4 is 10.6 Å². The quantitative estimate of drug-likeness (QED) is 0.788. The van der Waals surface area contributed by atoms with Crippen molar-refractivity contribution in [1.29, 1.82) is 0 Å². The molecule has 0 saturated carbocycles. The molecule has 0 saturated heterocycles. The average Bonchev–Trinajstić information content (AvgIpc) is 3.10. The van der Waals surface area contributed by atoms with E-state index in [4.69, 9.17) is 0 Å². The molecule has 0 radical (unpaired) electrons. The minimum atomic E-state index is -0.464. The summed E-state index contributed by atoms with van der Waals surface area (Å²) >= 11 is 1.44. The average molecular weight is 346 g/mol. The van der Waals surface area contributed by atoms with E-state index in [0.717, 1.165) is 5.56 Å². The number of esters is 1. The summed E-state index contributed by atoms with van der Waals surface area (Å²) in [4.78, 5) is 35.3. The first-order valence-corrected chi connectivity index (χ1v) is 8.24. The molecule has 24 heavy (non-hydrogen) atoms. The highest BCUT2D eigenvalue weighted by molar-refractivity contribution is 7.08. The summed E-state index contributed by atoms with van der Waals surface area (Å²) in [6.45, 7) is 2.06. The Hall–Kier alpha value is -2.67. The van der Waals surface area contributed by atoms with Gasteiger partial charge < -0.3 is 15.4 Å². The van der Waals surface area contributed by atoms with Gasteiger partial charge in [-0.05, 0) is 36.1 Å². The zero-order valence-corrected chi connectivity index (χ0v) is 14.2. The van der Waals surface area contributed by atoms with Gasteiger partial charge in [0.1, 0.15) is 0 Å². The van der Waals surface area contributed by atoms with Gasteiger partial charge in [0, 0.05) is 29.6 Å². The first-order valence-electron chi connectivity index (χ1n) is 7.30. The summed E-state index contributed by atoms with van der Waals surface area (Å²) in [5.74, 6) is -0.910. The molecule has 0 aliphatic rings. The normalized spacial score (nSPS) is 10.1. The Kier molecular flexibility index (Phi) is 6.08. The van der Waals surface area contributed by atoms with Crippen LogP contribution in [-0.4, -0.2) is 31.4 Å².